The number of hydrogen-bond donors (Lipinski definition) is 5. The number of aliphatic hydroxyl groups is 1. The number of benzene rings is 2. The van der Waals surface area contributed by atoms with Crippen molar-refractivity contribution < 1.29 is 62.5 Å². The fraction of sp³-hybridized carbons (Fsp3) is 0.738. The van der Waals surface area contributed by atoms with E-state index in [1.807, 2.05) is 154 Å². The third-order valence-electron chi connectivity index (χ3n) is 22.5. The van der Waals surface area contributed by atoms with Crippen LogP contribution in [0.2, 0.25) is 0 Å². The van der Waals surface area contributed by atoms with Crippen molar-refractivity contribution in [2.24, 2.45) is 71.0 Å². The molecule has 2 aliphatic heterocycles. The highest BCUT2D eigenvalue weighted by atomic mass is 16.5. The Morgan fingerprint density at radius 2 is 0.931 bits per heavy atom. The summed E-state index contributed by atoms with van der Waals surface area (Å²) in [6.07, 6.45) is 2.85. The standard InChI is InChI=1S/C40H66N4O7.C40H68N4O6/c1-12-27(6)38(43(10)40(49)31(25(2)3)22-33(46)37(41-9)26(4)5)34(50-11)23-36(47)44-20-16-19-32(44)28(7)29(8)39(48)42-35(51-24-45)21-30-17-14-13-15-18-30;1-13-26(6)37(43(11)40(49)31(24(2)3)22-33(45)36(41-10)25(4)5)34(50-12)23-35(46)44-21-17-20-32(44)27(7)28(8)39(48)42-29(9)38(47)30-18-15-14-16-19-30/h13-15,17-18,24-29,31-32,34-35,37-38,41H,12,16,19-23H2,1-11H3,(H,42,48);14-16,18-19,24-29,31-32,34,36-38,41,47H,13,17,20-23H2,1-12H3,(H,42,48)/t27-,28+,29+,31-,32-,34+,35-,37-,38-;26-,27+,28+,29-,31-,32-,34+,36-,37-,38-/m00/s1. The second-order valence-electron chi connectivity index (χ2n) is 30.6. The van der Waals surface area contributed by atoms with Gasteiger partial charge in [0.2, 0.25) is 35.4 Å². The van der Waals surface area contributed by atoms with Crippen molar-refractivity contribution in [1.82, 2.24) is 40.9 Å². The SMILES string of the molecule is CC[C@H](C)[C@@H]([C@@H](CC(=O)N1CCC[C@H]1[C@H](C)[C@@H](C)C(=O)N[C@@H](C)[C@H](O)c1ccccc1)OC)N(C)C(=O)[C@@H](CC(=O)[C@@H](NC)C(C)C)C(C)C.CC[C@H](C)[C@@H]([C@@H](CC(=O)N1CCC[C@H]1[C@H](C)[C@@H](C)C(=O)N[C@H](Cc1ccccc1)OC=O)OC)N(C)C(=O)[C@@H](CC(=O)[C@@H](NC)C(C)C)C(C)C. The van der Waals surface area contributed by atoms with E-state index in [1.54, 1.807) is 59.1 Å². The molecule has 2 saturated heterocycles. The molecule has 0 unspecified atom stereocenters. The summed E-state index contributed by atoms with van der Waals surface area (Å²) in [6.45, 7) is 35.2. The first kappa shape index (κ1) is 89.1. The smallest absolute Gasteiger partial charge is 0.295 e. The van der Waals surface area contributed by atoms with Gasteiger partial charge in [0.1, 0.15) is 0 Å². The number of carbonyl (C=O) groups excluding carboxylic acids is 9. The molecule has 2 aromatic rings. The van der Waals surface area contributed by atoms with Crippen LogP contribution < -0.4 is 21.3 Å². The van der Waals surface area contributed by atoms with E-state index < -0.39 is 48.3 Å². The minimum absolute atomic E-state index is 0.0200. The first-order chi connectivity index (χ1) is 47.6. The van der Waals surface area contributed by atoms with E-state index in [1.165, 1.54) is 0 Å². The molecule has 6 amide bonds. The summed E-state index contributed by atoms with van der Waals surface area (Å²) >= 11 is 0. The summed E-state index contributed by atoms with van der Waals surface area (Å²) in [4.78, 5) is 128. The van der Waals surface area contributed by atoms with Gasteiger partial charge in [0, 0.05) is 96.4 Å². The van der Waals surface area contributed by atoms with Crippen LogP contribution in [-0.4, -0.2) is 194 Å². The van der Waals surface area contributed by atoms with E-state index in [-0.39, 0.29) is 162 Å². The Bertz CT molecular complexity index is 2860. The van der Waals surface area contributed by atoms with Crippen LogP contribution in [0.15, 0.2) is 60.7 Å². The summed E-state index contributed by atoms with van der Waals surface area (Å²) in [5.74, 6) is -2.66. The average molecular weight is 1420 g/mol. The topological polar surface area (TPSA) is 263 Å². The molecule has 2 aromatic carbocycles. The number of nitrogens with one attached hydrogen (secondary N) is 4. The molecule has 2 aliphatic rings. The summed E-state index contributed by atoms with van der Waals surface area (Å²) in [5, 5.41) is 22.9. The number of ketones is 2. The molecule has 0 aliphatic carbocycles. The maximum Gasteiger partial charge on any atom is 0.295 e. The van der Waals surface area contributed by atoms with Crippen molar-refractivity contribution in [3.8, 4) is 0 Å². The number of ether oxygens (including phenoxy) is 3. The van der Waals surface area contributed by atoms with Crippen molar-refractivity contribution in [3.05, 3.63) is 71.8 Å². The lowest BCUT2D eigenvalue weighted by molar-refractivity contribution is -0.148. The van der Waals surface area contributed by atoms with E-state index in [0.29, 0.717) is 26.0 Å². The maximum absolute atomic E-state index is 14.2. The molecule has 0 radical (unpaired) electrons. The number of amides is 6. The van der Waals surface area contributed by atoms with Crippen molar-refractivity contribution in [1.29, 1.82) is 0 Å². The fourth-order valence-corrected chi connectivity index (χ4v) is 15.3. The summed E-state index contributed by atoms with van der Waals surface area (Å²) in [5.41, 5.74) is 1.67. The normalized spacial score (nSPS) is 19.9. The van der Waals surface area contributed by atoms with Gasteiger partial charge in [-0.05, 0) is 105 Å². The van der Waals surface area contributed by atoms with Crippen molar-refractivity contribution in [3.63, 3.8) is 0 Å². The Hall–Kier alpha value is -6.13. The van der Waals surface area contributed by atoms with Gasteiger partial charge in [-0.3, -0.25) is 43.2 Å². The van der Waals surface area contributed by atoms with Gasteiger partial charge >= 0.3 is 0 Å². The molecule has 5 N–H and O–H groups in total. The predicted octanol–water partition coefficient (Wildman–Crippen LogP) is 10.1. The molecule has 2 heterocycles. The average Bonchev–Trinajstić information content (AvgIpc) is 1.78. The molecule has 21 nitrogen and oxygen atoms in total. The van der Waals surface area contributed by atoms with Crippen LogP contribution in [0.5, 0.6) is 0 Å². The number of rotatable bonds is 42. The van der Waals surface area contributed by atoms with Crippen LogP contribution in [0.3, 0.4) is 0 Å². The molecule has 572 valence electrons. The summed E-state index contributed by atoms with van der Waals surface area (Å²) in [6, 6.07) is 16.6. The number of methoxy groups -OCH3 is 2. The van der Waals surface area contributed by atoms with E-state index in [9.17, 15) is 48.3 Å². The van der Waals surface area contributed by atoms with E-state index in [0.717, 1.165) is 49.7 Å². The minimum atomic E-state index is -0.830. The molecule has 2 fully saturated rings. The fourth-order valence-electron chi connectivity index (χ4n) is 15.3. The molecule has 101 heavy (non-hydrogen) atoms. The number of likely N-dealkylation sites (N-methyl/N-ethyl adjacent to an activating group) is 4. The molecule has 0 aromatic heterocycles. The maximum atomic E-state index is 14.2. The molecular formula is C80H134N8O13. The zero-order valence-corrected chi connectivity index (χ0v) is 66.0. The van der Waals surface area contributed by atoms with Crippen molar-refractivity contribution in [2.45, 2.75) is 255 Å². The zero-order valence-electron chi connectivity index (χ0n) is 66.0. The van der Waals surface area contributed by atoms with E-state index in [4.69, 9.17) is 14.2 Å². The third-order valence-corrected chi connectivity index (χ3v) is 22.5. The first-order valence-electron chi connectivity index (χ1n) is 37.7. The van der Waals surface area contributed by atoms with Gasteiger partial charge in [-0.25, -0.2) is 0 Å². The molecule has 0 bridgehead atoms. The predicted molar refractivity (Wildman–Crippen MR) is 398 cm³/mol. The van der Waals surface area contributed by atoms with E-state index in [2.05, 4.69) is 49.0 Å². The van der Waals surface area contributed by atoms with Gasteiger partial charge in [-0.2, -0.15) is 0 Å². The van der Waals surface area contributed by atoms with Gasteiger partial charge < -0.3 is 60.2 Å². The second kappa shape index (κ2) is 43.9. The van der Waals surface area contributed by atoms with Gasteiger partial charge in [0.25, 0.3) is 6.47 Å². The number of carbonyl (C=O) groups is 9. The number of hydrogen-bond acceptors (Lipinski definition) is 15. The molecular weight excluding hydrogens is 1280 g/mol. The third kappa shape index (κ3) is 25.3. The highest BCUT2D eigenvalue weighted by molar-refractivity contribution is 5.91. The molecule has 21 heteroatoms. The zero-order chi connectivity index (χ0) is 76.3. The minimum Gasteiger partial charge on any atom is -0.444 e. The lowest BCUT2D eigenvalue weighted by Gasteiger charge is -2.40. The van der Waals surface area contributed by atoms with Gasteiger partial charge in [-0.15, -0.1) is 0 Å². The Balaban J connectivity index is 0.000000525. The Morgan fingerprint density at radius 3 is 1.27 bits per heavy atom. The van der Waals surface area contributed by atoms with Crippen LogP contribution in [0.1, 0.15) is 199 Å². The highest BCUT2D eigenvalue weighted by Crippen LogP contribution is 2.35. The Morgan fingerprint density at radius 1 is 0.554 bits per heavy atom. The monoisotopic (exact) mass is 1420 g/mol. The van der Waals surface area contributed by atoms with Crippen molar-refractivity contribution >= 4 is 53.5 Å². The quantitative estimate of drug-likeness (QED) is 0.0306. The number of likely N-dealkylation sites (tertiary alicyclic amines) is 2. The first-order valence-corrected chi connectivity index (χ1v) is 37.7. The van der Waals surface area contributed by atoms with Crippen LogP contribution in [0, 0.1) is 71.0 Å². The summed E-state index contributed by atoms with van der Waals surface area (Å²) < 4.78 is 17.2. The largest absolute Gasteiger partial charge is 0.444 e. The Kier molecular flexibility index (Phi) is 38.7. The number of nitrogens with zero attached hydrogens (tertiary/aromatic N) is 4. The van der Waals surface area contributed by atoms with Gasteiger partial charge in [0.15, 0.2) is 17.8 Å². The number of Topliss-reactive ketones (excluding diaryl/α,β-unsaturated/α-hetero) is 2. The lowest BCUT2D eigenvalue weighted by Crippen LogP contribution is -2.54. The van der Waals surface area contributed by atoms with Gasteiger partial charge in [0.05, 0.1) is 61.4 Å². The van der Waals surface area contributed by atoms with Crippen molar-refractivity contribution in [2.75, 3.05) is 55.5 Å². The Labute approximate surface area is 607 Å². The van der Waals surface area contributed by atoms with E-state index >= 15 is 0 Å². The van der Waals surface area contributed by atoms with Crippen LogP contribution in [0.25, 0.3) is 0 Å². The van der Waals surface area contributed by atoms with Crippen LogP contribution in [-0.2, 0) is 63.8 Å². The molecule has 0 spiro atoms. The lowest BCUT2D eigenvalue weighted by atomic mass is 9.84. The van der Waals surface area contributed by atoms with Crippen LogP contribution >= 0.6 is 0 Å². The molecule has 19 atom stereocenters. The van der Waals surface area contributed by atoms with Crippen LogP contribution in [0.4, 0.5) is 0 Å². The molecule has 0 saturated carbocycles. The number of aliphatic hydroxyl groups excluding tert-OH is 1. The second-order valence-corrected chi connectivity index (χ2v) is 30.6. The van der Waals surface area contributed by atoms with Gasteiger partial charge in [-0.1, -0.05) is 184 Å². The molecule has 4 rings (SSSR count). The highest BCUT2D eigenvalue weighted by Gasteiger charge is 2.45. The summed E-state index contributed by atoms with van der Waals surface area (Å²) in [7, 11) is 10.3.